The van der Waals surface area contributed by atoms with Crippen LogP contribution in [0.1, 0.15) is 51.4 Å². The van der Waals surface area contributed by atoms with Gasteiger partial charge in [0.1, 0.15) is 6.33 Å². The quantitative estimate of drug-likeness (QED) is 0.182. The molecule has 4 aromatic carbocycles. The summed E-state index contributed by atoms with van der Waals surface area (Å²) in [6.45, 7) is 0.430. The van der Waals surface area contributed by atoms with Crippen LogP contribution in [-0.2, 0) is 29.7 Å². The van der Waals surface area contributed by atoms with E-state index in [-0.39, 0.29) is 24.7 Å². The van der Waals surface area contributed by atoms with Crippen LogP contribution in [0.15, 0.2) is 115 Å². The highest BCUT2D eigenvalue weighted by atomic mass is 32.2. The van der Waals surface area contributed by atoms with Crippen molar-refractivity contribution >= 4 is 17.7 Å². The van der Waals surface area contributed by atoms with Gasteiger partial charge in [0.15, 0.2) is 11.4 Å². The van der Waals surface area contributed by atoms with Crippen molar-refractivity contribution in [2.24, 2.45) is 7.05 Å². The number of nitrogens with one attached hydrogen (secondary N) is 1. The van der Waals surface area contributed by atoms with Crippen molar-refractivity contribution in [3.63, 3.8) is 0 Å². The van der Waals surface area contributed by atoms with Gasteiger partial charge in [-0.3, -0.25) is 4.79 Å². The normalized spacial score (nSPS) is 18.2. The lowest BCUT2D eigenvalue weighted by molar-refractivity contribution is -0.245. The first-order valence-corrected chi connectivity index (χ1v) is 15.5. The number of nitrogens with zero attached hydrogens (tertiary/aromatic N) is 3. The molecular formula is C35H34N4O4S. The fourth-order valence-corrected chi connectivity index (χ4v) is 6.10. The molecule has 0 aliphatic carbocycles. The largest absolute Gasteiger partial charge is 0.392 e. The number of amides is 1. The van der Waals surface area contributed by atoms with Gasteiger partial charge in [-0.05, 0) is 52.1 Å². The van der Waals surface area contributed by atoms with Crippen LogP contribution in [0.5, 0.6) is 0 Å². The number of aliphatic hydroxyl groups excluding tert-OH is 1. The Kier molecular flexibility index (Phi) is 9.48. The number of ether oxygens (including phenoxy) is 2. The van der Waals surface area contributed by atoms with Gasteiger partial charge in [-0.2, -0.15) is 0 Å². The van der Waals surface area contributed by atoms with Crippen LogP contribution in [0.4, 0.5) is 0 Å². The molecular weight excluding hydrogens is 572 g/mol. The topological polar surface area (TPSA) is 98.5 Å². The summed E-state index contributed by atoms with van der Waals surface area (Å²) >= 11 is 1.61. The Hall–Kier alpha value is -4.28. The second-order valence-electron chi connectivity index (χ2n) is 10.8. The molecule has 1 fully saturated rings. The van der Waals surface area contributed by atoms with Crippen LogP contribution in [0, 0.1) is 0 Å². The molecule has 1 aromatic heterocycles. The number of aromatic nitrogens is 3. The first-order chi connectivity index (χ1) is 21.6. The minimum Gasteiger partial charge on any atom is -0.392 e. The molecule has 1 saturated heterocycles. The Morgan fingerprint density at radius 3 is 2.43 bits per heavy atom. The molecule has 5 aromatic rings. The lowest BCUT2D eigenvalue weighted by Gasteiger charge is -2.36. The summed E-state index contributed by atoms with van der Waals surface area (Å²) in [5, 5.41) is 21.6. The van der Waals surface area contributed by atoms with Gasteiger partial charge >= 0.3 is 0 Å². The molecule has 3 atom stereocenters. The Labute approximate surface area is 261 Å². The molecule has 2 heterocycles. The van der Waals surface area contributed by atoms with Gasteiger partial charge in [-0.1, -0.05) is 90.6 Å². The molecule has 0 spiro atoms. The van der Waals surface area contributed by atoms with Crippen molar-refractivity contribution in [1.82, 2.24) is 20.1 Å². The second kappa shape index (κ2) is 14.0. The van der Waals surface area contributed by atoms with Gasteiger partial charge in [-0.25, -0.2) is 0 Å². The average Bonchev–Trinajstić information content (AvgIpc) is 3.51. The molecule has 0 radical (unpaired) electrons. The summed E-state index contributed by atoms with van der Waals surface area (Å²) in [5.74, 6) is 0.602. The molecule has 1 aliphatic rings. The molecule has 44 heavy (non-hydrogen) atoms. The van der Waals surface area contributed by atoms with E-state index in [0.717, 1.165) is 38.5 Å². The van der Waals surface area contributed by atoms with Crippen molar-refractivity contribution in [3.8, 4) is 11.1 Å². The first-order valence-electron chi connectivity index (χ1n) is 14.6. The van der Waals surface area contributed by atoms with E-state index in [9.17, 15) is 9.90 Å². The predicted molar refractivity (Wildman–Crippen MR) is 170 cm³/mol. The molecule has 0 bridgehead atoms. The highest BCUT2D eigenvalue weighted by Gasteiger charge is 2.32. The van der Waals surface area contributed by atoms with E-state index in [2.05, 4.69) is 39.8 Å². The summed E-state index contributed by atoms with van der Waals surface area (Å²) in [6, 6.07) is 33.5. The van der Waals surface area contributed by atoms with Crippen LogP contribution in [0.25, 0.3) is 11.1 Å². The van der Waals surface area contributed by atoms with Crippen molar-refractivity contribution in [3.05, 3.63) is 137 Å². The zero-order chi connectivity index (χ0) is 30.3. The number of carbonyl (C=O) groups is 1. The maximum Gasteiger partial charge on any atom is 0.251 e. The number of thioether (sulfide) groups is 1. The minimum atomic E-state index is -0.565. The number of aliphatic hydroxyl groups is 1. The van der Waals surface area contributed by atoms with E-state index >= 15 is 0 Å². The van der Waals surface area contributed by atoms with Gasteiger partial charge in [0.25, 0.3) is 5.91 Å². The number of rotatable bonds is 10. The van der Waals surface area contributed by atoms with Gasteiger partial charge in [-0.15, -0.1) is 10.2 Å². The molecule has 8 nitrogen and oxygen atoms in total. The zero-order valence-electron chi connectivity index (χ0n) is 24.4. The zero-order valence-corrected chi connectivity index (χ0v) is 25.2. The fraction of sp³-hybridized carbons (Fsp3) is 0.229. The van der Waals surface area contributed by atoms with Crippen molar-refractivity contribution in [2.75, 3.05) is 5.75 Å². The smallest absolute Gasteiger partial charge is 0.251 e. The number of hydrogen-bond donors (Lipinski definition) is 2. The lowest BCUT2D eigenvalue weighted by Crippen LogP contribution is -2.31. The van der Waals surface area contributed by atoms with Crippen LogP contribution in [0.3, 0.4) is 0 Å². The predicted octanol–water partition coefficient (Wildman–Crippen LogP) is 6.24. The number of benzene rings is 4. The molecule has 9 heteroatoms. The third-order valence-electron chi connectivity index (χ3n) is 7.59. The molecule has 1 amide bonds. The summed E-state index contributed by atoms with van der Waals surface area (Å²) in [4.78, 5) is 12.6. The molecule has 224 valence electrons. The van der Waals surface area contributed by atoms with Crippen LogP contribution in [0.2, 0.25) is 0 Å². The molecule has 1 aliphatic heterocycles. The third kappa shape index (κ3) is 7.26. The average molecular weight is 607 g/mol. The van der Waals surface area contributed by atoms with Crippen LogP contribution in [-0.4, -0.2) is 37.6 Å². The van der Waals surface area contributed by atoms with Gasteiger partial charge in [0.2, 0.25) is 0 Å². The number of hydrogen-bond acceptors (Lipinski definition) is 7. The maximum absolute atomic E-state index is 12.6. The van der Waals surface area contributed by atoms with E-state index < -0.39 is 6.29 Å². The number of aryl methyl sites for hydroxylation is 1. The van der Waals surface area contributed by atoms with E-state index in [1.54, 1.807) is 30.2 Å². The second-order valence-corrected chi connectivity index (χ2v) is 11.7. The Bertz CT molecular complexity index is 1690. The summed E-state index contributed by atoms with van der Waals surface area (Å²) in [7, 11) is 1.93. The van der Waals surface area contributed by atoms with Crippen molar-refractivity contribution in [1.29, 1.82) is 0 Å². The SMILES string of the molecule is Cn1cnnc1SC[C@H]1C[C@@H](c2ccc(CO)cc2)O[C@@H](c2cccc(-c3cccc(CNC(=O)c4ccccc4)c3)c2)O1. The van der Waals surface area contributed by atoms with Crippen molar-refractivity contribution < 1.29 is 19.4 Å². The molecule has 0 unspecified atom stereocenters. The van der Waals surface area contributed by atoms with E-state index in [0.29, 0.717) is 24.3 Å². The fourth-order valence-electron chi connectivity index (χ4n) is 5.19. The Morgan fingerprint density at radius 1 is 0.909 bits per heavy atom. The highest BCUT2D eigenvalue weighted by molar-refractivity contribution is 7.99. The monoisotopic (exact) mass is 606 g/mol. The van der Waals surface area contributed by atoms with E-state index in [1.807, 2.05) is 78.3 Å². The highest BCUT2D eigenvalue weighted by Crippen LogP contribution is 2.40. The van der Waals surface area contributed by atoms with Gasteiger partial charge in [0.05, 0.1) is 18.8 Å². The van der Waals surface area contributed by atoms with Crippen molar-refractivity contribution in [2.45, 2.75) is 43.2 Å². The van der Waals surface area contributed by atoms with Crippen LogP contribution >= 0.6 is 11.8 Å². The summed E-state index contributed by atoms with van der Waals surface area (Å²) < 4.78 is 15.0. The molecule has 0 saturated carbocycles. The van der Waals surface area contributed by atoms with E-state index in [4.69, 9.17) is 9.47 Å². The van der Waals surface area contributed by atoms with E-state index in [1.165, 1.54) is 0 Å². The Balaban J connectivity index is 1.20. The van der Waals surface area contributed by atoms with Gasteiger partial charge in [0, 0.05) is 36.9 Å². The molecule has 2 N–H and O–H groups in total. The molecule has 6 rings (SSSR count). The van der Waals surface area contributed by atoms with Crippen LogP contribution < -0.4 is 5.32 Å². The lowest BCUT2D eigenvalue weighted by atomic mass is 9.99. The standard InChI is InChI=1S/C35H34N4O4S/c1-39-23-37-38-35(39)44-22-31-19-32(26-15-13-24(21-40)14-16-26)43-34(42-31)30-12-6-11-29(18-30)28-10-5-7-25(17-28)20-36-33(41)27-8-3-2-4-9-27/h2-18,23,31-32,34,40H,19-22H2,1H3,(H,36,41)/t31-,32+,34+/m1/s1. The third-order valence-corrected chi connectivity index (χ3v) is 8.76. The Morgan fingerprint density at radius 2 is 1.68 bits per heavy atom. The summed E-state index contributed by atoms with van der Waals surface area (Å²) in [5.41, 5.74) is 6.56. The minimum absolute atomic E-state index is 0.00188. The van der Waals surface area contributed by atoms with Gasteiger partial charge < -0.3 is 24.5 Å². The first kappa shape index (κ1) is 29.8. The number of carbonyl (C=O) groups excluding carboxylic acids is 1. The summed E-state index contributed by atoms with van der Waals surface area (Å²) in [6.07, 6.45) is 1.56. The maximum atomic E-state index is 12.6.